The second-order valence-electron chi connectivity index (χ2n) is 4.44. The van der Waals surface area contributed by atoms with Crippen LogP contribution in [0.2, 0.25) is 0 Å². The van der Waals surface area contributed by atoms with Gasteiger partial charge in [0.15, 0.2) is 0 Å². The van der Waals surface area contributed by atoms with Gasteiger partial charge in [-0.25, -0.2) is 4.98 Å². The van der Waals surface area contributed by atoms with Gasteiger partial charge >= 0.3 is 5.97 Å². The second kappa shape index (κ2) is 5.88. The standard InChI is InChI=1S/C15H12N2O3S/c18-13(20-10-11-5-2-1-3-6-11)9-17-15(19)12-7-4-8-16-14(12)21-17/h1-8H,9-10H2. The van der Waals surface area contributed by atoms with Gasteiger partial charge in [-0.15, -0.1) is 0 Å². The number of pyridine rings is 1. The van der Waals surface area contributed by atoms with Crippen molar-refractivity contribution in [3.05, 3.63) is 64.6 Å². The highest BCUT2D eigenvalue weighted by Gasteiger charge is 2.12. The molecule has 0 fully saturated rings. The number of fused-ring (bicyclic) bond motifs is 1. The summed E-state index contributed by atoms with van der Waals surface area (Å²) in [4.78, 5) is 28.6. The minimum Gasteiger partial charge on any atom is -0.459 e. The van der Waals surface area contributed by atoms with Gasteiger partial charge in [0.05, 0.1) is 5.39 Å². The zero-order valence-electron chi connectivity index (χ0n) is 11.1. The normalized spacial score (nSPS) is 10.7. The third-order valence-electron chi connectivity index (χ3n) is 2.94. The molecule has 0 N–H and O–H groups in total. The monoisotopic (exact) mass is 300 g/mol. The SMILES string of the molecule is O=C(Cn1sc2ncccc2c1=O)OCc1ccccc1. The van der Waals surface area contributed by atoms with Crippen LogP contribution in [0.3, 0.4) is 0 Å². The van der Waals surface area contributed by atoms with Gasteiger partial charge in [-0.05, 0) is 29.2 Å². The third-order valence-corrected chi connectivity index (χ3v) is 3.95. The van der Waals surface area contributed by atoms with Crippen LogP contribution in [0.1, 0.15) is 5.56 Å². The van der Waals surface area contributed by atoms with Gasteiger partial charge in [-0.1, -0.05) is 30.3 Å². The molecule has 0 aliphatic heterocycles. The fraction of sp³-hybridized carbons (Fsp3) is 0.133. The van der Waals surface area contributed by atoms with Crippen molar-refractivity contribution >= 4 is 27.7 Å². The van der Waals surface area contributed by atoms with E-state index in [1.807, 2.05) is 30.3 Å². The molecule has 0 saturated carbocycles. The van der Waals surface area contributed by atoms with E-state index in [-0.39, 0.29) is 18.7 Å². The summed E-state index contributed by atoms with van der Waals surface area (Å²) in [5, 5.41) is 0.526. The number of carbonyl (C=O) groups is 1. The summed E-state index contributed by atoms with van der Waals surface area (Å²) in [5.74, 6) is -0.437. The summed E-state index contributed by atoms with van der Waals surface area (Å²) in [6.45, 7) is 0.115. The molecule has 0 radical (unpaired) electrons. The Hall–Kier alpha value is -2.47. The molecular weight excluding hydrogens is 288 g/mol. The van der Waals surface area contributed by atoms with Crippen molar-refractivity contribution in [1.82, 2.24) is 8.94 Å². The molecule has 0 aliphatic carbocycles. The fourth-order valence-corrected chi connectivity index (χ4v) is 2.83. The molecule has 5 nitrogen and oxygen atoms in total. The molecule has 0 saturated heterocycles. The van der Waals surface area contributed by atoms with Crippen molar-refractivity contribution in [2.45, 2.75) is 13.2 Å². The van der Waals surface area contributed by atoms with Gasteiger partial charge in [0.25, 0.3) is 5.56 Å². The molecule has 0 unspecified atom stereocenters. The Labute approximate surface area is 124 Å². The minimum absolute atomic E-state index is 0.0906. The van der Waals surface area contributed by atoms with Gasteiger partial charge in [0, 0.05) is 6.20 Å². The highest BCUT2D eigenvalue weighted by Crippen LogP contribution is 2.13. The molecule has 0 atom stereocenters. The Morgan fingerprint density at radius 3 is 2.76 bits per heavy atom. The van der Waals surface area contributed by atoms with Crippen LogP contribution in [0.25, 0.3) is 10.2 Å². The number of ether oxygens (including phenoxy) is 1. The van der Waals surface area contributed by atoms with Crippen molar-refractivity contribution in [3.8, 4) is 0 Å². The fourth-order valence-electron chi connectivity index (χ4n) is 1.91. The zero-order chi connectivity index (χ0) is 14.7. The lowest BCUT2D eigenvalue weighted by atomic mass is 10.2. The third kappa shape index (κ3) is 3.00. The van der Waals surface area contributed by atoms with Crippen molar-refractivity contribution in [2.75, 3.05) is 0 Å². The minimum atomic E-state index is -0.437. The van der Waals surface area contributed by atoms with Crippen molar-refractivity contribution in [2.24, 2.45) is 0 Å². The Balaban J connectivity index is 1.69. The molecule has 2 heterocycles. The van der Waals surface area contributed by atoms with Gasteiger partial charge < -0.3 is 4.74 Å². The number of esters is 1. The first-order chi connectivity index (χ1) is 10.2. The molecule has 3 aromatic rings. The molecule has 1 aromatic carbocycles. The van der Waals surface area contributed by atoms with Crippen molar-refractivity contribution in [1.29, 1.82) is 0 Å². The number of carbonyl (C=O) groups excluding carboxylic acids is 1. The lowest BCUT2D eigenvalue weighted by Crippen LogP contribution is -2.20. The summed E-state index contributed by atoms with van der Waals surface area (Å²) in [6.07, 6.45) is 1.62. The topological polar surface area (TPSA) is 61.2 Å². The van der Waals surface area contributed by atoms with Gasteiger partial charge in [-0.2, -0.15) is 0 Å². The largest absolute Gasteiger partial charge is 0.459 e. The lowest BCUT2D eigenvalue weighted by molar-refractivity contribution is -0.145. The molecule has 6 heteroatoms. The Kier molecular flexibility index (Phi) is 3.79. The number of benzene rings is 1. The van der Waals surface area contributed by atoms with Crippen molar-refractivity contribution in [3.63, 3.8) is 0 Å². The van der Waals surface area contributed by atoms with E-state index in [0.29, 0.717) is 10.2 Å². The lowest BCUT2D eigenvalue weighted by Gasteiger charge is -2.04. The van der Waals surface area contributed by atoms with Crippen LogP contribution in [0.4, 0.5) is 0 Å². The number of hydrogen-bond acceptors (Lipinski definition) is 5. The van der Waals surface area contributed by atoms with E-state index in [2.05, 4.69) is 4.98 Å². The summed E-state index contributed by atoms with van der Waals surface area (Å²) >= 11 is 1.17. The van der Waals surface area contributed by atoms with E-state index in [4.69, 9.17) is 4.74 Å². The molecule has 2 aromatic heterocycles. The average Bonchev–Trinajstić information content (AvgIpc) is 2.83. The molecule has 0 spiro atoms. The molecule has 106 valence electrons. The number of rotatable bonds is 4. The maximum Gasteiger partial charge on any atom is 0.327 e. The molecule has 0 amide bonds. The van der Waals surface area contributed by atoms with Crippen LogP contribution in [0.15, 0.2) is 53.5 Å². The van der Waals surface area contributed by atoms with E-state index in [0.717, 1.165) is 5.56 Å². The highest BCUT2D eigenvalue weighted by atomic mass is 32.1. The highest BCUT2D eigenvalue weighted by molar-refractivity contribution is 7.13. The summed E-state index contributed by atoms with van der Waals surface area (Å²) in [6, 6.07) is 12.8. The maximum atomic E-state index is 12.1. The average molecular weight is 300 g/mol. The summed E-state index contributed by atoms with van der Waals surface area (Å²) < 4.78 is 6.54. The molecule has 21 heavy (non-hydrogen) atoms. The van der Waals surface area contributed by atoms with Gasteiger partial charge in [0.2, 0.25) is 0 Å². The van der Waals surface area contributed by atoms with Crippen LogP contribution in [-0.2, 0) is 22.7 Å². The maximum absolute atomic E-state index is 12.1. The Morgan fingerprint density at radius 2 is 2.00 bits per heavy atom. The van der Waals surface area contributed by atoms with E-state index in [1.54, 1.807) is 18.3 Å². The van der Waals surface area contributed by atoms with E-state index < -0.39 is 5.97 Å². The van der Waals surface area contributed by atoms with Crippen LogP contribution in [0.5, 0.6) is 0 Å². The Bertz CT molecular complexity index is 824. The molecule has 0 bridgehead atoms. The van der Waals surface area contributed by atoms with E-state index in [1.165, 1.54) is 15.5 Å². The van der Waals surface area contributed by atoms with E-state index >= 15 is 0 Å². The number of hydrogen-bond donors (Lipinski definition) is 0. The van der Waals surface area contributed by atoms with E-state index in [9.17, 15) is 9.59 Å². The quantitative estimate of drug-likeness (QED) is 0.693. The predicted molar refractivity (Wildman–Crippen MR) is 80.1 cm³/mol. The van der Waals surface area contributed by atoms with Crippen LogP contribution in [-0.4, -0.2) is 14.9 Å². The summed E-state index contributed by atoms with van der Waals surface area (Å²) in [5.41, 5.74) is 0.705. The second-order valence-corrected chi connectivity index (χ2v) is 5.45. The van der Waals surface area contributed by atoms with Crippen LogP contribution >= 0.6 is 11.5 Å². The van der Waals surface area contributed by atoms with Crippen LogP contribution in [0, 0.1) is 0 Å². The first-order valence-corrected chi connectivity index (χ1v) is 7.16. The number of nitrogens with zero attached hydrogens (tertiary/aromatic N) is 2. The zero-order valence-corrected chi connectivity index (χ0v) is 11.9. The molecule has 3 rings (SSSR count). The van der Waals surface area contributed by atoms with Crippen molar-refractivity contribution < 1.29 is 9.53 Å². The van der Waals surface area contributed by atoms with Gasteiger partial charge in [-0.3, -0.25) is 13.5 Å². The first kappa shape index (κ1) is 13.5. The molecular formula is C15H12N2O3S. The van der Waals surface area contributed by atoms with Crippen LogP contribution < -0.4 is 5.56 Å². The van der Waals surface area contributed by atoms with Gasteiger partial charge in [0.1, 0.15) is 18.0 Å². The number of aromatic nitrogens is 2. The molecule has 0 aliphatic rings. The summed E-state index contributed by atoms with van der Waals surface area (Å²) in [7, 11) is 0. The Morgan fingerprint density at radius 1 is 1.19 bits per heavy atom. The first-order valence-electron chi connectivity index (χ1n) is 6.38. The predicted octanol–water partition coefficient (Wildman–Crippen LogP) is 2.20. The smallest absolute Gasteiger partial charge is 0.327 e.